The normalized spacial score (nSPS) is 11.1. The molecule has 5 nitrogen and oxygen atoms in total. The van der Waals surface area contributed by atoms with E-state index in [1.807, 2.05) is 44.6 Å². The molecule has 1 aromatic heterocycles. The average Bonchev–Trinajstić information content (AvgIpc) is 2.42. The summed E-state index contributed by atoms with van der Waals surface area (Å²) in [6.07, 6.45) is 1.83. The number of para-hydroxylation sites is 1. The second-order valence-electron chi connectivity index (χ2n) is 4.59. The third-order valence-corrected chi connectivity index (χ3v) is 2.70. The van der Waals surface area contributed by atoms with Crippen LogP contribution in [0.15, 0.2) is 30.5 Å². The summed E-state index contributed by atoms with van der Waals surface area (Å²) in [5, 5.41) is 4.22. The van der Waals surface area contributed by atoms with Crippen LogP contribution in [0.3, 0.4) is 0 Å². The molecule has 0 aliphatic rings. The van der Waals surface area contributed by atoms with E-state index in [-0.39, 0.29) is 0 Å². The molecule has 1 N–H and O–H groups in total. The van der Waals surface area contributed by atoms with E-state index in [1.165, 1.54) is 0 Å². The standard InChI is InChI=1S/C14H20N4O/c1-18(2)8-10-19-9-7-15-14-16-11-12-5-3-4-6-13(12)17-14/h3-6,11H,7-10H2,1-2H3,(H,15,16,17). The van der Waals surface area contributed by atoms with Crippen molar-refractivity contribution < 1.29 is 4.74 Å². The van der Waals surface area contributed by atoms with Crippen LogP contribution in [0.2, 0.25) is 0 Å². The molecule has 0 atom stereocenters. The summed E-state index contributed by atoms with van der Waals surface area (Å²) in [6.45, 7) is 3.05. The highest BCUT2D eigenvalue weighted by Gasteiger charge is 1.98. The summed E-state index contributed by atoms with van der Waals surface area (Å²) in [5.41, 5.74) is 0.952. The fraction of sp³-hybridized carbons (Fsp3) is 0.429. The smallest absolute Gasteiger partial charge is 0.223 e. The van der Waals surface area contributed by atoms with E-state index >= 15 is 0 Å². The predicted octanol–water partition coefficient (Wildman–Crippen LogP) is 1.62. The molecule has 2 rings (SSSR count). The summed E-state index contributed by atoms with van der Waals surface area (Å²) in [7, 11) is 4.06. The van der Waals surface area contributed by atoms with Gasteiger partial charge in [-0.05, 0) is 20.2 Å². The first kappa shape index (κ1) is 13.7. The van der Waals surface area contributed by atoms with Gasteiger partial charge in [-0.25, -0.2) is 9.97 Å². The summed E-state index contributed by atoms with van der Waals surface area (Å²) in [6, 6.07) is 7.94. The maximum absolute atomic E-state index is 5.49. The molecule has 19 heavy (non-hydrogen) atoms. The summed E-state index contributed by atoms with van der Waals surface area (Å²) in [4.78, 5) is 10.8. The third-order valence-electron chi connectivity index (χ3n) is 2.70. The van der Waals surface area contributed by atoms with Crippen LogP contribution in [0.25, 0.3) is 10.9 Å². The molecule has 0 bridgehead atoms. The van der Waals surface area contributed by atoms with Gasteiger partial charge >= 0.3 is 0 Å². The maximum atomic E-state index is 5.49. The topological polar surface area (TPSA) is 50.3 Å². The van der Waals surface area contributed by atoms with E-state index in [9.17, 15) is 0 Å². The summed E-state index contributed by atoms with van der Waals surface area (Å²) >= 11 is 0. The lowest BCUT2D eigenvalue weighted by Crippen LogP contribution is -2.20. The largest absolute Gasteiger partial charge is 0.378 e. The van der Waals surface area contributed by atoms with E-state index < -0.39 is 0 Å². The minimum atomic E-state index is 0.648. The Morgan fingerprint density at radius 2 is 2.05 bits per heavy atom. The zero-order chi connectivity index (χ0) is 13.5. The second-order valence-corrected chi connectivity index (χ2v) is 4.59. The molecule has 0 saturated heterocycles. The van der Waals surface area contributed by atoms with E-state index in [4.69, 9.17) is 4.74 Å². The van der Waals surface area contributed by atoms with Crippen LogP contribution < -0.4 is 5.32 Å². The lowest BCUT2D eigenvalue weighted by atomic mass is 10.2. The SMILES string of the molecule is CN(C)CCOCCNc1ncc2ccccc2n1. The Labute approximate surface area is 113 Å². The van der Waals surface area contributed by atoms with E-state index in [0.717, 1.165) is 24.1 Å². The molecule has 1 aromatic carbocycles. The van der Waals surface area contributed by atoms with Crippen molar-refractivity contribution in [2.24, 2.45) is 0 Å². The van der Waals surface area contributed by atoms with Crippen molar-refractivity contribution in [1.29, 1.82) is 0 Å². The molecule has 0 saturated carbocycles. The van der Waals surface area contributed by atoms with Crippen molar-refractivity contribution in [1.82, 2.24) is 14.9 Å². The minimum absolute atomic E-state index is 0.648. The molecule has 0 fully saturated rings. The summed E-state index contributed by atoms with van der Waals surface area (Å²) in [5.74, 6) is 0.648. The molecule has 0 radical (unpaired) electrons. The minimum Gasteiger partial charge on any atom is -0.378 e. The maximum Gasteiger partial charge on any atom is 0.223 e. The summed E-state index contributed by atoms with van der Waals surface area (Å²) < 4.78 is 5.49. The number of likely N-dealkylation sites (N-methyl/N-ethyl adjacent to an activating group) is 1. The Morgan fingerprint density at radius 3 is 2.89 bits per heavy atom. The molecular weight excluding hydrogens is 240 g/mol. The van der Waals surface area contributed by atoms with Crippen LogP contribution in [0.4, 0.5) is 5.95 Å². The number of benzene rings is 1. The average molecular weight is 260 g/mol. The molecule has 5 heteroatoms. The second kappa shape index (κ2) is 7.01. The lowest BCUT2D eigenvalue weighted by Gasteiger charge is -2.10. The Hall–Kier alpha value is -1.72. The van der Waals surface area contributed by atoms with Gasteiger partial charge in [0, 0.05) is 24.7 Å². The third kappa shape index (κ3) is 4.46. The molecule has 0 aliphatic heterocycles. The first-order valence-electron chi connectivity index (χ1n) is 6.44. The van der Waals surface area contributed by atoms with Gasteiger partial charge in [-0.1, -0.05) is 18.2 Å². The van der Waals surface area contributed by atoms with Gasteiger partial charge in [-0.15, -0.1) is 0 Å². The van der Waals surface area contributed by atoms with Crippen LogP contribution in [0.1, 0.15) is 0 Å². The van der Waals surface area contributed by atoms with Gasteiger partial charge in [0.05, 0.1) is 18.7 Å². The van der Waals surface area contributed by atoms with Crippen LogP contribution in [-0.2, 0) is 4.74 Å². The van der Waals surface area contributed by atoms with E-state index in [1.54, 1.807) is 0 Å². The fourth-order valence-corrected chi connectivity index (χ4v) is 1.64. The monoisotopic (exact) mass is 260 g/mol. The van der Waals surface area contributed by atoms with E-state index in [0.29, 0.717) is 19.1 Å². The van der Waals surface area contributed by atoms with Crippen molar-refractivity contribution >= 4 is 16.9 Å². The molecule has 102 valence electrons. The first-order chi connectivity index (χ1) is 9.25. The van der Waals surface area contributed by atoms with Crippen molar-refractivity contribution in [2.45, 2.75) is 0 Å². The predicted molar refractivity (Wildman–Crippen MR) is 77.4 cm³/mol. The molecule has 1 heterocycles. The number of hydrogen-bond acceptors (Lipinski definition) is 5. The van der Waals surface area contributed by atoms with Crippen molar-refractivity contribution in [3.05, 3.63) is 30.5 Å². The van der Waals surface area contributed by atoms with Crippen LogP contribution >= 0.6 is 0 Å². The molecular formula is C14H20N4O. The number of ether oxygens (including phenoxy) is 1. The fourth-order valence-electron chi connectivity index (χ4n) is 1.64. The van der Waals surface area contributed by atoms with Crippen LogP contribution in [0, 0.1) is 0 Å². The highest BCUT2D eigenvalue weighted by molar-refractivity contribution is 5.78. The quantitative estimate of drug-likeness (QED) is 0.767. The Kier molecular flexibility index (Phi) is 5.06. The van der Waals surface area contributed by atoms with Gasteiger partial charge in [-0.3, -0.25) is 0 Å². The number of hydrogen-bond donors (Lipinski definition) is 1. The van der Waals surface area contributed by atoms with Gasteiger partial charge in [0.1, 0.15) is 0 Å². The van der Waals surface area contributed by atoms with Gasteiger partial charge in [0.25, 0.3) is 0 Å². The Bertz CT molecular complexity index is 516. The van der Waals surface area contributed by atoms with E-state index in [2.05, 4.69) is 20.2 Å². The Morgan fingerprint density at radius 1 is 1.21 bits per heavy atom. The highest BCUT2D eigenvalue weighted by Crippen LogP contribution is 2.11. The molecule has 0 unspecified atom stereocenters. The molecule has 0 amide bonds. The van der Waals surface area contributed by atoms with Gasteiger partial charge in [0.2, 0.25) is 5.95 Å². The first-order valence-corrected chi connectivity index (χ1v) is 6.44. The van der Waals surface area contributed by atoms with Crippen molar-refractivity contribution in [2.75, 3.05) is 45.7 Å². The van der Waals surface area contributed by atoms with Crippen LogP contribution in [0.5, 0.6) is 0 Å². The Balaban J connectivity index is 1.75. The highest BCUT2D eigenvalue weighted by atomic mass is 16.5. The number of aromatic nitrogens is 2. The number of fused-ring (bicyclic) bond motifs is 1. The number of anilines is 1. The van der Waals surface area contributed by atoms with Gasteiger partial charge in [0.15, 0.2) is 0 Å². The number of nitrogens with one attached hydrogen (secondary N) is 1. The van der Waals surface area contributed by atoms with Crippen molar-refractivity contribution in [3.63, 3.8) is 0 Å². The number of rotatable bonds is 7. The van der Waals surface area contributed by atoms with Crippen LogP contribution in [-0.4, -0.2) is 55.3 Å². The zero-order valence-corrected chi connectivity index (χ0v) is 11.5. The lowest BCUT2D eigenvalue weighted by molar-refractivity contribution is 0.126. The number of nitrogens with zero attached hydrogens (tertiary/aromatic N) is 3. The zero-order valence-electron chi connectivity index (χ0n) is 11.5. The van der Waals surface area contributed by atoms with Crippen molar-refractivity contribution in [3.8, 4) is 0 Å². The van der Waals surface area contributed by atoms with Gasteiger partial charge in [-0.2, -0.15) is 0 Å². The molecule has 0 aliphatic carbocycles. The molecule has 2 aromatic rings. The molecule has 0 spiro atoms. The van der Waals surface area contributed by atoms with Gasteiger partial charge < -0.3 is 15.0 Å².